The molecule has 0 saturated heterocycles. The van der Waals surface area contributed by atoms with Crippen LogP contribution in [0.3, 0.4) is 0 Å². The number of carbonyl (C=O) groups excluding carboxylic acids is 1. The van der Waals surface area contributed by atoms with Crippen LogP contribution < -0.4 is 10.9 Å². The number of hydrogen-bond acceptors (Lipinski definition) is 6. The van der Waals surface area contributed by atoms with Gasteiger partial charge in [-0.15, -0.1) is 11.3 Å². The van der Waals surface area contributed by atoms with Crippen molar-refractivity contribution >= 4 is 27.5 Å². The number of nitrogens with one attached hydrogen (secondary N) is 2. The number of aromatic amines is 1. The minimum atomic E-state index is -0.444. The van der Waals surface area contributed by atoms with Crippen LogP contribution in [-0.4, -0.2) is 23.0 Å². The molecule has 0 radical (unpaired) electrons. The highest BCUT2D eigenvalue weighted by atomic mass is 32.1. The second-order valence-electron chi connectivity index (χ2n) is 7.83. The maximum absolute atomic E-state index is 12.6. The number of methoxy groups -OCH3 is 1. The molecular formula is C23H29N3O3S. The van der Waals surface area contributed by atoms with E-state index in [9.17, 15) is 9.59 Å². The molecule has 2 heterocycles. The van der Waals surface area contributed by atoms with Crippen LogP contribution in [0.1, 0.15) is 65.4 Å². The molecule has 2 aromatic heterocycles. The van der Waals surface area contributed by atoms with Crippen LogP contribution in [0.4, 0.5) is 0 Å². The minimum Gasteiger partial charge on any atom is -0.465 e. The first-order chi connectivity index (χ1) is 14.3. The van der Waals surface area contributed by atoms with E-state index in [2.05, 4.69) is 60.3 Å². The third-order valence-corrected chi connectivity index (χ3v) is 6.42. The SMILES string of the molecule is CCCc1ccc([C@@H](NCc2nc3sc(C(=O)OC)c(C)c3c(=O)[nH]2)C(C)C)cc1. The van der Waals surface area contributed by atoms with E-state index in [1.54, 1.807) is 6.92 Å². The number of hydrogen-bond donors (Lipinski definition) is 2. The van der Waals surface area contributed by atoms with Crippen molar-refractivity contribution in [2.24, 2.45) is 5.92 Å². The molecule has 160 valence electrons. The van der Waals surface area contributed by atoms with E-state index >= 15 is 0 Å². The first kappa shape index (κ1) is 22.2. The fourth-order valence-electron chi connectivity index (χ4n) is 3.68. The molecule has 30 heavy (non-hydrogen) atoms. The number of aryl methyl sites for hydroxylation is 2. The van der Waals surface area contributed by atoms with E-state index < -0.39 is 5.97 Å². The van der Waals surface area contributed by atoms with Crippen molar-refractivity contribution in [3.63, 3.8) is 0 Å². The van der Waals surface area contributed by atoms with Gasteiger partial charge in [-0.05, 0) is 36.0 Å². The van der Waals surface area contributed by atoms with Crippen molar-refractivity contribution in [3.8, 4) is 0 Å². The van der Waals surface area contributed by atoms with Gasteiger partial charge in [0, 0.05) is 6.04 Å². The van der Waals surface area contributed by atoms with Gasteiger partial charge in [0.25, 0.3) is 5.56 Å². The average molecular weight is 428 g/mol. The van der Waals surface area contributed by atoms with Gasteiger partial charge in [0.2, 0.25) is 0 Å². The second kappa shape index (κ2) is 9.53. The number of esters is 1. The molecule has 0 amide bonds. The summed E-state index contributed by atoms with van der Waals surface area (Å²) >= 11 is 1.19. The molecule has 0 saturated carbocycles. The van der Waals surface area contributed by atoms with Crippen LogP contribution in [0.2, 0.25) is 0 Å². The minimum absolute atomic E-state index is 0.136. The van der Waals surface area contributed by atoms with Crippen molar-refractivity contribution in [2.75, 3.05) is 7.11 Å². The molecule has 7 heteroatoms. The Balaban J connectivity index is 1.83. The predicted molar refractivity (Wildman–Crippen MR) is 121 cm³/mol. The molecule has 0 aliphatic carbocycles. The normalized spacial score (nSPS) is 12.5. The highest BCUT2D eigenvalue weighted by Gasteiger charge is 2.20. The summed E-state index contributed by atoms with van der Waals surface area (Å²) in [4.78, 5) is 33.0. The zero-order valence-electron chi connectivity index (χ0n) is 18.2. The summed E-state index contributed by atoms with van der Waals surface area (Å²) in [6, 6.07) is 8.85. The van der Waals surface area contributed by atoms with Crippen LogP contribution >= 0.6 is 11.3 Å². The van der Waals surface area contributed by atoms with E-state index in [1.807, 2.05) is 0 Å². The molecule has 0 aliphatic rings. The summed E-state index contributed by atoms with van der Waals surface area (Å²) in [5, 5.41) is 3.99. The molecular weight excluding hydrogens is 398 g/mol. The van der Waals surface area contributed by atoms with Crippen molar-refractivity contribution < 1.29 is 9.53 Å². The first-order valence-electron chi connectivity index (χ1n) is 10.3. The van der Waals surface area contributed by atoms with Crippen LogP contribution in [0.15, 0.2) is 29.1 Å². The lowest BCUT2D eigenvalue weighted by atomic mass is 9.94. The van der Waals surface area contributed by atoms with Crippen LogP contribution in [0.25, 0.3) is 10.2 Å². The van der Waals surface area contributed by atoms with Gasteiger partial charge in [-0.1, -0.05) is 51.5 Å². The highest BCUT2D eigenvalue weighted by molar-refractivity contribution is 7.20. The number of H-pyrrole nitrogens is 1. The molecule has 1 atom stereocenters. The average Bonchev–Trinajstić information content (AvgIpc) is 3.05. The lowest BCUT2D eigenvalue weighted by Gasteiger charge is -2.23. The largest absolute Gasteiger partial charge is 0.465 e. The highest BCUT2D eigenvalue weighted by Crippen LogP contribution is 2.28. The lowest BCUT2D eigenvalue weighted by molar-refractivity contribution is 0.0605. The van der Waals surface area contributed by atoms with E-state index in [0.717, 1.165) is 12.8 Å². The number of nitrogens with zero attached hydrogens (tertiary/aromatic N) is 1. The summed E-state index contributed by atoms with van der Waals surface area (Å²) in [6.45, 7) is 8.69. The summed E-state index contributed by atoms with van der Waals surface area (Å²) < 4.78 is 4.81. The maximum Gasteiger partial charge on any atom is 0.348 e. The molecule has 0 aliphatic heterocycles. The predicted octanol–water partition coefficient (Wildman–Crippen LogP) is 4.52. The van der Waals surface area contributed by atoms with E-state index in [4.69, 9.17) is 4.74 Å². The fourth-order valence-corrected chi connectivity index (χ4v) is 4.80. The van der Waals surface area contributed by atoms with Gasteiger partial charge in [0.05, 0.1) is 19.0 Å². The van der Waals surface area contributed by atoms with Crippen LogP contribution in [0.5, 0.6) is 0 Å². The van der Waals surface area contributed by atoms with Gasteiger partial charge in [-0.25, -0.2) is 9.78 Å². The molecule has 0 fully saturated rings. The number of fused-ring (bicyclic) bond motifs is 1. The van der Waals surface area contributed by atoms with E-state index in [1.165, 1.54) is 29.6 Å². The third-order valence-electron chi connectivity index (χ3n) is 5.25. The molecule has 2 N–H and O–H groups in total. The standard InChI is InChI=1S/C23H29N3O3S/c1-6-7-15-8-10-16(11-9-15)19(13(2)3)24-12-17-25-21(27)18-14(4)20(23(28)29-5)30-22(18)26-17/h8-11,13,19,24H,6-7,12H2,1-5H3,(H,25,26,27)/t19-/m0/s1. The molecule has 0 unspecified atom stereocenters. The lowest BCUT2D eigenvalue weighted by Crippen LogP contribution is -2.27. The fraction of sp³-hybridized carbons (Fsp3) is 0.435. The Kier molecular flexibility index (Phi) is 7.05. The van der Waals surface area contributed by atoms with Crippen molar-refractivity contribution in [1.29, 1.82) is 0 Å². The van der Waals surface area contributed by atoms with Gasteiger partial charge in [0.1, 0.15) is 15.5 Å². The van der Waals surface area contributed by atoms with Gasteiger partial charge in [-0.3, -0.25) is 4.79 Å². The van der Waals surface area contributed by atoms with E-state index in [0.29, 0.717) is 38.9 Å². The van der Waals surface area contributed by atoms with Crippen LogP contribution in [-0.2, 0) is 17.7 Å². The van der Waals surface area contributed by atoms with E-state index in [-0.39, 0.29) is 11.6 Å². The summed E-state index contributed by atoms with van der Waals surface area (Å²) in [6.07, 6.45) is 2.21. The Morgan fingerprint density at radius 3 is 2.57 bits per heavy atom. The molecule has 3 aromatic rings. The Labute approximate surface area is 180 Å². The zero-order valence-corrected chi connectivity index (χ0v) is 19.0. The molecule has 3 rings (SSSR count). The van der Waals surface area contributed by atoms with Gasteiger partial charge < -0.3 is 15.0 Å². The number of benzene rings is 1. The Morgan fingerprint density at radius 2 is 1.97 bits per heavy atom. The molecule has 1 aromatic carbocycles. The molecule has 0 bridgehead atoms. The third kappa shape index (κ3) is 4.63. The molecule has 0 spiro atoms. The summed E-state index contributed by atoms with van der Waals surface area (Å²) in [5.41, 5.74) is 2.94. The summed E-state index contributed by atoms with van der Waals surface area (Å²) in [7, 11) is 1.33. The van der Waals surface area contributed by atoms with Crippen LogP contribution in [0, 0.1) is 12.8 Å². The topological polar surface area (TPSA) is 84.1 Å². The zero-order chi connectivity index (χ0) is 21.8. The number of thiophene rings is 1. The monoisotopic (exact) mass is 427 g/mol. The number of carbonyl (C=O) groups is 1. The Bertz CT molecular complexity index is 1080. The number of rotatable bonds is 8. The Hall–Kier alpha value is -2.51. The Morgan fingerprint density at radius 1 is 1.27 bits per heavy atom. The molecule has 6 nitrogen and oxygen atoms in total. The summed E-state index contributed by atoms with van der Waals surface area (Å²) in [5.74, 6) is 0.478. The van der Waals surface area contributed by atoms with Crippen molar-refractivity contribution in [2.45, 2.75) is 53.1 Å². The van der Waals surface area contributed by atoms with Crippen molar-refractivity contribution in [3.05, 3.63) is 62.0 Å². The number of aromatic nitrogens is 2. The van der Waals surface area contributed by atoms with Gasteiger partial charge >= 0.3 is 5.97 Å². The van der Waals surface area contributed by atoms with Gasteiger partial charge in [-0.2, -0.15) is 0 Å². The maximum atomic E-state index is 12.6. The smallest absolute Gasteiger partial charge is 0.348 e. The van der Waals surface area contributed by atoms with Gasteiger partial charge in [0.15, 0.2) is 0 Å². The second-order valence-corrected chi connectivity index (χ2v) is 8.83. The quantitative estimate of drug-likeness (QED) is 0.517. The van der Waals surface area contributed by atoms with Crippen molar-refractivity contribution in [1.82, 2.24) is 15.3 Å². The number of ether oxygens (including phenoxy) is 1. The first-order valence-corrected chi connectivity index (χ1v) is 11.1.